The minimum Gasteiger partial charge on any atom is -0.293 e. The zero-order valence-corrected chi connectivity index (χ0v) is 10.7. The second kappa shape index (κ2) is 4.99. The number of carbonyl (C=O) groups is 1. The summed E-state index contributed by atoms with van der Waals surface area (Å²) in [5, 5.41) is 0. The predicted octanol–water partition coefficient (Wildman–Crippen LogP) is 3.50. The van der Waals surface area contributed by atoms with Crippen LogP contribution in [-0.4, -0.2) is 10.6 Å². The average molecular weight is 273 g/mol. The Morgan fingerprint density at radius 1 is 1.50 bits per heavy atom. The number of carbonyl (C=O) groups excluding carboxylic acids is 1. The molecule has 3 heteroatoms. The van der Waals surface area contributed by atoms with Gasteiger partial charge in [0.25, 0.3) is 0 Å². The molecule has 1 nitrogen and oxygen atoms in total. The summed E-state index contributed by atoms with van der Waals surface area (Å²) in [6.07, 6.45) is 0.922. The average Bonchev–Trinajstić information content (AvgIpc) is 2.15. The zero-order valence-electron chi connectivity index (χ0n) is 8.25. The molecular formula is C11H13BrOS. The molecule has 0 aromatic heterocycles. The Hall–Kier alpha value is -0.280. The second-order valence-corrected chi connectivity index (χ2v) is 5.11. The summed E-state index contributed by atoms with van der Waals surface area (Å²) < 4.78 is 0. The summed E-state index contributed by atoms with van der Waals surface area (Å²) in [6, 6.07) is 5.72. The van der Waals surface area contributed by atoms with Crippen LogP contribution in [-0.2, 0) is 6.42 Å². The van der Waals surface area contributed by atoms with E-state index in [0.717, 1.165) is 22.4 Å². The lowest BCUT2D eigenvalue weighted by atomic mass is 10.0. The Morgan fingerprint density at radius 2 is 2.14 bits per heavy atom. The van der Waals surface area contributed by atoms with Crippen molar-refractivity contribution in [2.45, 2.75) is 30.0 Å². The molecule has 1 aromatic carbocycles. The van der Waals surface area contributed by atoms with Crippen LogP contribution < -0.4 is 0 Å². The van der Waals surface area contributed by atoms with Gasteiger partial charge in [0, 0.05) is 10.5 Å². The molecule has 14 heavy (non-hydrogen) atoms. The predicted molar refractivity (Wildman–Crippen MR) is 65.8 cm³/mol. The van der Waals surface area contributed by atoms with Crippen molar-refractivity contribution < 1.29 is 4.79 Å². The van der Waals surface area contributed by atoms with Gasteiger partial charge in [0.15, 0.2) is 5.78 Å². The van der Waals surface area contributed by atoms with E-state index in [1.54, 1.807) is 0 Å². The molecule has 0 saturated heterocycles. The van der Waals surface area contributed by atoms with Crippen molar-refractivity contribution in [3.63, 3.8) is 0 Å². The fourth-order valence-electron chi connectivity index (χ4n) is 1.25. The van der Waals surface area contributed by atoms with Crippen LogP contribution in [0.4, 0.5) is 0 Å². The van der Waals surface area contributed by atoms with Gasteiger partial charge in [0.05, 0.1) is 4.83 Å². The maximum absolute atomic E-state index is 11.7. The standard InChI is InChI=1S/C11H13BrOS/c1-3-8-4-9(6-10(14)5-8)11(13)7(2)12/h4-7,14H,3H2,1-2H3. The van der Waals surface area contributed by atoms with Crippen LogP contribution in [0.3, 0.4) is 0 Å². The minimum atomic E-state index is -0.137. The van der Waals surface area contributed by atoms with E-state index in [0.29, 0.717) is 0 Å². The Balaban J connectivity index is 3.09. The van der Waals surface area contributed by atoms with Crippen LogP contribution in [0, 0.1) is 0 Å². The number of rotatable bonds is 3. The van der Waals surface area contributed by atoms with Gasteiger partial charge in [0.2, 0.25) is 0 Å². The zero-order chi connectivity index (χ0) is 10.7. The number of alkyl halides is 1. The highest BCUT2D eigenvalue weighted by Crippen LogP contribution is 2.17. The van der Waals surface area contributed by atoms with E-state index in [2.05, 4.69) is 35.5 Å². The number of halogens is 1. The van der Waals surface area contributed by atoms with E-state index < -0.39 is 0 Å². The van der Waals surface area contributed by atoms with Gasteiger partial charge in [-0.25, -0.2) is 0 Å². The van der Waals surface area contributed by atoms with Crippen molar-refractivity contribution in [1.29, 1.82) is 0 Å². The largest absolute Gasteiger partial charge is 0.293 e. The Labute approximate surface area is 98.4 Å². The molecule has 0 aliphatic carbocycles. The minimum absolute atomic E-state index is 0.107. The van der Waals surface area contributed by atoms with Gasteiger partial charge < -0.3 is 0 Å². The molecule has 0 aliphatic heterocycles. The van der Waals surface area contributed by atoms with Crippen LogP contribution in [0.5, 0.6) is 0 Å². The molecule has 0 N–H and O–H groups in total. The van der Waals surface area contributed by atoms with E-state index in [9.17, 15) is 4.79 Å². The first-order valence-corrected chi connectivity index (χ1v) is 5.92. The highest BCUT2D eigenvalue weighted by Gasteiger charge is 2.12. The summed E-state index contributed by atoms with van der Waals surface area (Å²) in [7, 11) is 0. The normalized spacial score (nSPS) is 12.6. The lowest BCUT2D eigenvalue weighted by Gasteiger charge is -2.06. The highest BCUT2D eigenvalue weighted by molar-refractivity contribution is 9.10. The van der Waals surface area contributed by atoms with Gasteiger partial charge in [0.1, 0.15) is 0 Å². The smallest absolute Gasteiger partial charge is 0.176 e. The molecule has 0 saturated carbocycles. The molecule has 1 rings (SSSR count). The first-order valence-electron chi connectivity index (χ1n) is 4.55. The summed E-state index contributed by atoms with van der Waals surface area (Å²) in [5.41, 5.74) is 1.88. The highest BCUT2D eigenvalue weighted by atomic mass is 79.9. The molecule has 0 amide bonds. The fraction of sp³-hybridized carbons (Fsp3) is 0.364. The molecule has 0 spiro atoms. The number of thiol groups is 1. The van der Waals surface area contributed by atoms with Crippen molar-refractivity contribution in [3.8, 4) is 0 Å². The van der Waals surface area contributed by atoms with E-state index in [4.69, 9.17) is 0 Å². The number of aryl methyl sites for hydroxylation is 1. The molecule has 76 valence electrons. The number of Topliss-reactive ketones (excluding diaryl/α,β-unsaturated/α-hetero) is 1. The first kappa shape index (κ1) is 11.8. The summed E-state index contributed by atoms with van der Waals surface area (Å²) in [5.74, 6) is 0.107. The molecule has 0 heterocycles. The van der Waals surface area contributed by atoms with Gasteiger partial charge in [-0.2, -0.15) is 0 Å². The van der Waals surface area contributed by atoms with E-state index in [1.165, 1.54) is 0 Å². The third-order valence-corrected chi connectivity index (χ3v) is 2.71. The molecule has 0 radical (unpaired) electrons. The molecule has 0 aliphatic rings. The molecule has 1 atom stereocenters. The summed E-state index contributed by atoms with van der Waals surface area (Å²) >= 11 is 7.55. The van der Waals surface area contributed by atoms with E-state index in [-0.39, 0.29) is 10.6 Å². The van der Waals surface area contributed by atoms with Gasteiger partial charge in [-0.1, -0.05) is 22.9 Å². The van der Waals surface area contributed by atoms with E-state index in [1.807, 2.05) is 25.1 Å². The van der Waals surface area contributed by atoms with Gasteiger partial charge in [-0.05, 0) is 37.1 Å². The molecule has 1 unspecified atom stereocenters. The van der Waals surface area contributed by atoms with Crippen LogP contribution in [0.15, 0.2) is 23.1 Å². The number of ketones is 1. The lowest BCUT2D eigenvalue weighted by molar-refractivity contribution is 0.0995. The fourth-order valence-corrected chi connectivity index (χ4v) is 1.82. The molecule has 0 fully saturated rings. The summed E-state index contributed by atoms with van der Waals surface area (Å²) in [4.78, 5) is 12.4. The Kier molecular flexibility index (Phi) is 4.20. The van der Waals surface area contributed by atoms with Crippen molar-refractivity contribution in [1.82, 2.24) is 0 Å². The maximum Gasteiger partial charge on any atom is 0.176 e. The SMILES string of the molecule is CCc1cc(S)cc(C(=O)C(C)Br)c1. The second-order valence-electron chi connectivity index (χ2n) is 3.22. The number of benzene rings is 1. The third kappa shape index (κ3) is 2.85. The monoisotopic (exact) mass is 272 g/mol. The van der Waals surface area contributed by atoms with Crippen molar-refractivity contribution in [2.24, 2.45) is 0 Å². The van der Waals surface area contributed by atoms with Gasteiger partial charge in [-0.15, -0.1) is 12.6 Å². The molecular weight excluding hydrogens is 260 g/mol. The first-order chi connectivity index (χ1) is 6.54. The van der Waals surface area contributed by atoms with Crippen LogP contribution in [0.2, 0.25) is 0 Å². The van der Waals surface area contributed by atoms with Crippen molar-refractivity contribution >= 4 is 34.3 Å². The Bertz CT molecular complexity index is 347. The van der Waals surface area contributed by atoms with Crippen molar-refractivity contribution in [3.05, 3.63) is 29.3 Å². The van der Waals surface area contributed by atoms with Crippen molar-refractivity contribution in [2.75, 3.05) is 0 Å². The van der Waals surface area contributed by atoms with Crippen LogP contribution >= 0.6 is 28.6 Å². The van der Waals surface area contributed by atoms with E-state index >= 15 is 0 Å². The van der Waals surface area contributed by atoms with Gasteiger partial charge >= 0.3 is 0 Å². The number of hydrogen-bond acceptors (Lipinski definition) is 2. The Morgan fingerprint density at radius 3 is 2.64 bits per heavy atom. The summed E-state index contributed by atoms with van der Waals surface area (Å²) in [6.45, 7) is 3.90. The van der Waals surface area contributed by atoms with Crippen LogP contribution in [0.1, 0.15) is 29.8 Å². The quantitative estimate of drug-likeness (QED) is 0.506. The maximum atomic E-state index is 11.7. The topological polar surface area (TPSA) is 17.1 Å². The van der Waals surface area contributed by atoms with Crippen LogP contribution in [0.25, 0.3) is 0 Å². The third-order valence-electron chi connectivity index (χ3n) is 2.03. The lowest BCUT2D eigenvalue weighted by Crippen LogP contribution is -2.10. The number of hydrogen-bond donors (Lipinski definition) is 1. The molecule has 1 aromatic rings. The molecule has 0 bridgehead atoms. The van der Waals surface area contributed by atoms with Gasteiger partial charge in [-0.3, -0.25) is 4.79 Å².